The zero-order valence-electron chi connectivity index (χ0n) is 12.5. The second-order valence-corrected chi connectivity index (χ2v) is 5.21. The summed E-state index contributed by atoms with van der Waals surface area (Å²) in [6.45, 7) is 0.702. The third kappa shape index (κ3) is 3.85. The minimum Gasteiger partial charge on any atom is -0.462 e. The van der Waals surface area contributed by atoms with Crippen molar-refractivity contribution < 1.29 is 34.4 Å². The summed E-state index contributed by atoms with van der Waals surface area (Å²) in [7, 11) is 0. The number of rotatable bonds is 5. The van der Waals surface area contributed by atoms with Gasteiger partial charge in [-0.25, -0.2) is 0 Å². The van der Waals surface area contributed by atoms with Crippen LogP contribution in [0, 0.1) is 0 Å². The predicted molar refractivity (Wildman–Crippen MR) is 77.8 cm³/mol. The van der Waals surface area contributed by atoms with Crippen molar-refractivity contribution in [3.8, 4) is 5.75 Å². The van der Waals surface area contributed by atoms with E-state index in [1.54, 1.807) is 12.1 Å². The lowest BCUT2D eigenvalue weighted by Crippen LogP contribution is -2.65. The van der Waals surface area contributed by atoms with Crippen molar-refractivity contribution in [2.24, 2.45) is 0 Å². The molecule has 1 fully saturated rings. The van der Waals surface area contributed by atoms with Crippen LogP contribution in [0.25, 0.3) is 0 Å². The van der Waals surface area contributed by atoms with Crippen LogP contribution in [0.1, 0.15) is 17.3 Å². The molecular formula is C15H19NO7. The van der Waals surface area contributed by atoms with E-state index >= 15 is 0 Å². The van der Waals surface area contributed by atoms with E-state index in [0.717, 1.165) is 0 Å². The van der Waals surface area contributed by atoms with Gasteiger partial charge in [0.05, 0.1) is 12.2 Å². The normalized spacial score (nSPS) is 30.5. The van der Waals surface area contributed by atoms with Gasteiger partial charge in [0.15, 0.2) is 6.29 Å². The first kappa shape index (κ1) is 17.4. The molecule has 0 bridgehead atoms. The van der Waals surface area contributed by atoms with Crippen molar-refractivity contribution in [1.82, 2.24) is 5.32 Å². The molecular weight excluding hydrogens is 306 g/mol. The van der Waals surface area contributed by atoms with Crippen molar-refractivity contribution in [2.75, 3.05) is 6.61 Å². The molecule has 4 N–H and O–H groups in total. The van der Waals surface area contributed by atoms with E-state index < -0.39 is 43.2 Å². The minimum atomic E-state index is -1.40. The van der Waals surface area contributed by atoms with E-state index in [0.29, 0.717) is 6.29 Å². The fourth-order valence-electron chi connectivity index (χ4n) is 2.38. The molecule has 2 rings (SSSR count). The molecule has 126 valence electrons. The molecule has 8 heteroatoms. The van der Waals surface area contributed by atoms with Gasteiger partial charge in [0.1, 0.15) is 30.1 Å². The number of hydrogen-bond acceptors (Lipinski definition) is 7. The van der Waals surface area contributed by atoms with Crippen molar-refractivity contribution in [3.05, 3.63) is 29.8 Å². The molecule has 1 aliphatic heterocycles. The van der Waals surface area contributed by atoms with Crippen molar-refractivity contribution in [3.63, 3.8) is 0 Å². The largest absolute Gasteiger partial charge is 0.462 e. The van der Waals surface area contributed by atoms with Gasteiger partial charge in [0, 0.05) is 6.92 Å². The highest BCUT2D eigenvalue weighted by atomic mass is 16.7. The summed E-state index contributed by atoms with van der Waals surface area (Å²) in [4.78, 5) is 22.4. The second kappa shape index (κ2) is 7.51. The van der Waals surface area contributed by atoms with Gasteiger partial charge in [-0.2, -0.15) is 0 Å². The van der Waals surface area contributed by atoms with Crippen LogP contribution in [0.5, 0.6) is 5.75 Å². The molecule has 1 aliphatic rings. The van der Waals surface area contributed by atoms with E-state index in [-0.39, 0.29) is 11.3 Å². The lowest BCUT2D eigenvalue weighted by molar-refractivity contribution is -0.244. The highest BCUT2D eigenvalue weighted by molar-refractivity contribution is 5.79. The molecule has 0 aliphatic carbocycles. The van der Waals surface area contributed by atoms with Gasteiger partial charge in [-0.15, -0.1) is 0 Å². The molecule has 0 saturated carbocycles. The number of nitrogens with one attached hydrogen (secondary N) is 1. The fraction of sp³-hybridized carbons (Fsp3) is 0.467. The van der Waals surface area contributed by atoms with Crippen LogP contribution in [-0.2, 0) is 9.53 Å². The van der Waals surface area contributed by atoms with Crippen LogP contribution < -0.4 is 10.1 Å². The first-order valence-corrected chi connectivity index (χ1v) is 7.08. The lowest BCUT2D eigenvalue weighted by atomic mass is 9.97. The Kier molecular flexibility index (Phi) is 5.67. The number of carbonyl (C=O) groups is 2. The molecule has 8 nitrogen and oxygen atoms in total. The maximum Gasteiger partial charge on any atom is 0.223 e. The Bertz CT molecular complexity index is 565. The van der Waals surface area contributed by atoms with E-state index in [2.05, 4.69) is 5.32 Å². The Morgan fingerprint density at radius 2 is 2.04 bits per heavy atom. The maximum atomic E-state index is 11.3. The summed E-state index contributed by atoms with van der Waals surface area (Å²) < 4.78 is 11.0. The summed E-state index contributed by atoms with van der Waals surface area (Å²) in [5.41, 5.74) is 0.263. The Morgan fingerprint density at radius 1 is 1.35 bits per heavy atom. The van der Waals surface area contributed by atoms with Gasteiger partial charge in [-0.1, -0.05) is 12.1 Å². The van der Waals surface area contributed by atoms with Crippen molar-refractivity contribution in [1.29, 1.82) is 0 Å². The summed E-state index contributed by atoms with van der Waals surface area (Å²) in [5.74, 6) is -0.257. The van der Waals surface area contributed by atoms with Gasteiger partial charge in [-0.05, 0) is 12.1 Å². The first-order valence-electron chi connectivity index (χ1n) is 7.08. The van der Waals surface area contributed by atoms with Gasteiger partial charge in [0.25, 0.3) is 0 Å². The number of amides is 1. The Balaban J connectivity index is 2.27. The number of aliphatic hydroxyl groups is 3. The molecule has 0 unspecified atom stereocenters. The predicted octanol–water partition coefficient (Wildman–Crippen LogP) is -1.18. The molecule has 1 heterocycles. The smallest absolute Gasteiger partial charge is 0.223 e. The third-order valence-electron chi connectivity index (χ3n) is 3.54. The fourth-order valence-corrected chi connectivity index (χ4v) is 2.38. The van der Waals surface area contributed by atoms with E-state index in [4.69, 9.17) is 9.47 Å². The van der Waals surface area contributed by atoms with E-state index in [1.165, 1.54) is 19.1 Å². The SMILES string of the molecule is CC(=O)N[C@@H]1[C@H](Oc2ccccc2C=O)O[C@H](CO)[C@H](O)[C@@H]1O. The number of para-hydroxylation sites is 1. The zero-order chi connectivity index (χ0) is 17.0. The Morgan fingerprint density at radius 3 is 2.65 bits per heavy atom. The minimum absolute atomic E-state index is 0.197. The first-order chi connectivity index (χ1) is 11.0. The average Bonchev–Trinajstić information content (AvgIpc) is 2.54. The number of aldehydes is 1. The van der Waals surface area contributed by atoms with Crippen LogP contribution in [0.2, 0.25) is 0 Å². The maximum absolute atomic E-state index is 11.3. The van der Waals surface area contributed by atoms with Crippen LogP contribution in [-0.4, -0.2) is 64.8 Å². The van der Waals surface area contributed by atoms with Crippen LogP contribution in [0.3, 0.4) is 0 Å². The van der Waals surface area contributed by atoms with Crippen LogP contribution in [0.15, 0.2) is 24.3 Å². The third-order valence-corrected chi connectivity index (χ3v) is 3.54. The average molecular weight is 325 g/mol. The zero-order valence-corrected chi connectivity index (χ0v) is 12.5. The Labute approximate surface area is 132 Å². The van der Waals surface area contributed by atoms with Crippen molar-refractivity contribution >= 4 is 12.2 Å². The molecule has 0 radical (unpaired) electrons. The summed E-state index contributed by atoms with van der Waals surface area (Å²) in [6.07, 6.45) is -4.46. The monoisotopic (exact) mass is 325 g/mol. The molecule has 1 saturated heterocycles. The van der Waals surface area contributed by atoms with Gasteiger partial charge >= 0.3 is 0 Å². The van der Waals surface area contributed by atoms with Crippen LogP contribution >= 0.6 is 0 Å². The van der Waals surface area contributed by atoms with Crippen molar-refractivity contribution in [2.45, 2.75) is 37.6 Å². The second-order valence-electron chi connectivity index (χ2n) is 5.21. The van der Waals surface area contributed by atoms with Gasteiger partial charge in [-0.3, -0.25) is 9.59 Å². The Hall–Kier alpha value is -2.00. The molecule has 0 aromatic heterocycles. The number of ether oxygens (including phenoxy) is 2. The number of benzene rings is 1. The quantitative estimate of drug-likeness (QED) is 0.502. The summed E-state index contributed by atoms with van der Waals surface area (Å²) in [6, 6.07) is 5.30. The standard InChI is InChI=1S/C15H19NO7/c1-8(19)16-12-14(21)13(20)11(7-18)23-15(12)22-10-5-3-2-4-9(10)6-17/h2-6,11-15,18,20-21H,7H2,1H3,(H,16,19)/t11-,12+,13+,14-,15-/m1/s1. The lowest BCUT2D eigenvalue weighted by Gasteiger charge is -2.42. The topological polar surface area (TPSA) is 125 Å². The summed E-state index contributed by atoms with van der Waals surface area (Å²) >= 11 is 0. The van der Waals surface area contributed by atoms with Gasteiger partial charge < -0.3 is 30.1 Å². The molecule has 1 aromatic rings. The number of hydrogen-bond donors (Lipinski definition) is 4. The molecule has 23 heavy (non-hydrogen) atoms. The molecule has 1 amide bonds. The molecule has 5 atom stereocenters. The molecule has 1 aromatic carbocycles. The molecule has 0 spiro atoms. The highest BCUT2D eigenvalue weighted by Gasteiger charge is 2.46. The highest BCUT2D eigenvalue weighted by Crippen LogP contribution is 2.26. The number of carbonyl (C=O) groups excluding carboxylic acids is 2. The van der Waals surface area contributed by atoms with Crippen LogP contribution in [0.4, 0.5) is 0 Å². The van der Waals surface area contributed by atoms with E-state index in [9.17, 15) is 24.9 Å². The van der Waals surface area contributed by atoms with Gasteiger partial charge in [0.2, 0.25) is 12.2 Å². The number of aliphatic hydroxyl groups excluding tert-OH is 3. The summed E-state index contributed by atoms with van der Waals surface area (Å²) in [5, 5.41) is 31.7. The van der Waals surface area contributed by atoms with E-state index in [1.807, 2.05) is 0 Å².